The molecule has 0 radical (unpaired) electrons. The van der Waals surface area contributed by atoms with Gasteiger partial charge in [-0.3, -0.25) is 4.79 Å². The maximum Gasteiger partial charge on any atom is 0.409 e. The molecule has 1 N–H and O–H groups in total. The molecule has 1 aromatic rings. The molecule has 0 aliphatic carbocycles. The van der Waals surface area contributed by atoms with Gasteiger partial charge in [-0.2, -0.15) is 4.72 Å². The second-order valence-corrected chi connectivity index (χ2v) is 8.50. The molecule has 11 heteroatoms. The topological polar surface area (TPSA) is 105 Å². The van der Waals surface area contributed by atoms with Crippen LogP contribution in [0.1, 0.15) is 20.8 Å². The van der Waals surface area contributed by atoms with E-state index in [0.29, 0.717) is 38.5 Å². The fourth-order valence-electron chi connectivity index (χ4n) is 2.87. The monoisotopic (exact) mass is 447 g/mol. The number of piperazine rings is 1. The van der Waals surface area contributed by atoms with E-state index in [2.05, 4.69) is 4.72 Å². The van der Waals surface area contributed by atoms with Gasteiger partial charge in [-0.05, 0) is 39.0 Å². The Morgan fingerprint density at radius 1 is 1.14 bits per heavy atom. The lowest BCUT2D eigenvalue weighted by Gasteiger charge is -2.35. The maximum absolute atomic E-state index is 12.6. The number of halogens is 1. The smallest absolute Gasteiger partial charge is 0.409 e. The summed E-state index contributed by atoms with van der Waals surface area (Å²) >= 11 is 6.06. The van der Waals surface area contributed by atoms with E-state index in [9.17, 15) is 18.0 Å². The third-order valence-corrected chi connectivity index (χ3v) is 6.17. The predicted molar refractivity (Wildman–Crippen MR) is 108 cm³/mol. The summed E-state index contributed by atoms with van der Waals surface area (Å²) in [5.74, 6) is 0.0193. The van der Waals surface area contributed by atoms with Gasteiger partial charge in [0.2, 0.25) is 15.9 Å². The van der Waals surface area contributed by atoms with Crippen LogP contribution in [0.25, 0.3) is 0 Å². The van der Waals surface area contributed by atoms with Crippen LogP contribution in [0.2, 0.25) is 5.02 Å². The van der Waals surface area contributed by atoms with Crippen molar-refractivity contribution in [3.8, 4) is 5.75 Å². The SMILES string of the molecule is CCOC(=O)N1CCN(C(=O)[C@H](C)NS(=O)(=O)c2ccc(OCC)c(Cl)c2)CC1. The summed E-state index contributed by atoms with van der Waals surface area (Å²) < 4.78 is 37.9. The minimum absolute atomic E-state index is 0.0577. The molecule has 1 heterocycles. The summed E-state index contributed by atoms with van der Waals surface area (Å²) in [4.78, 5) is 27.4. The number of amides is 2. The van der Waals surface area contributed by atoms with Crippen LogP contribution in [-0.4, -0.2) is 75.7 Å². The van der Waals surface area contributed by atoms with Gasteiger partial charge in [0.25, 0.3) is 0 Å². The molecule has 162 valence electrons. The molecule has 0 aromatic heterocycles. The van der Waals surface area contributed by atoms with Gasteiger partial charge in [-0.1, -0.05) is 11.6 Å². The summed E-state index contributed by atoms with van der Waals surface area (Å²) in [6.07, 6.45) is -0.416. The van der Waals surface area contributed by atoms with Gasteiger partial charge in [-0.25, -0.2) is 13.2 Å². The Balaban J connectivity index is 1.98. The lowest BCUT2D eigenvalue weighted by atomic mass is 10.2. The highest BCUT2D eigenvalue weighted by Gasteiger charge is 2.30. The van der Waals surface area contributed by atoms with E-state index in [-0.39, 0.29) is 22.4 Å². The van der Waals surface area contributed by atoms with Gasteiger partial charge >= 0.3 is 6.09 Å². The van der Waals surface area contributed by atoms with Crippen molar-refractivity contribution in [3.05, 3.63) is 23.2 Å². The average Bonchev–Trinajstić information content (AvgIpc) is 2.69. The fraction of sp³-hybridized carbons (Fsp3) is 0.556. The summed E-state index contributed by atoms with van der Waals surface area (Å²) in [6.45, 7) is 6.96. The zero-order valence-corrected chi connectivity index (χ0v) is 18.3. The summed E-state index contributed by atoms with van der Waals surface area (Å²) in [5, 5.41) is 0.170. The van der Waals surface area contributed by atoms with E-state index in [0.717, 1.165) is 0 Å². The third kappa shape index (κ3) is 5.97. The van der Waals surface area contributed by atoms with Crippen LogP contribution >= 0.6 is 11.6 Å². The third-order valence-electron chi connectivity index (χ3n) is 4.33. The summed E-state index contributed by atoms with van der Waals surface area (Å²) in [7, 11) is -3.95. The number of sulfonamides is 1. The zero-order valence-electron chi connectivity index (χ0n) is 16.7. The first kappa shape index (κ1) is 23.2. The van der Waals surface area contributed by atoms with Crippen LogP contribution in [0.15, 0.2) is 23.1 Å². The summed E-state index contributed by atoms with van der Waals surface area (Å²) in [5.41, 5.74) is 0. The van der Waals surface area contributed by atoms with Crippen molar-refractivity contribution >= 4 is 33.6 Å². The van der Waals surface area contributed by atoms with E-state index in [1.54, 1.807) is 13.8 Å². The molecule has 0 saturated carbocycles. The first-order chi connectivity index (χ1) is 13.7. The highest BCUT2D eigenvalue weighted by Crippen LogP contribution is 2.27. The molecule has 1 aliphatic heterocycles. The highest BCUT2D eigenvalue weighted by atomic mass is 35.5. The Hall–Kier alpha value is -2.04. The van der Waals surface area contributed by atoms with E-state index < -0.39 is 22.2 Å². The molecule has 2 amide bonds. The van der Waals surface area contributed by atoms with E-state index >= 15 is 0 Å². The molecule has 1 saturated heterocycles. The lowest BCUT2D eigenvalue weighted by Crippen LogP contribution is -2.55. The standard InChI is InChI=1S/C18H26ClN3O6S/c1-4-27-16-7-6-14(12-15(16)19)29(25,26)20-13(3)17(23)21-8-10-22(11-9-21)18(24)28-5-2/h6-7,12-13,20H,4-5,8-11H2,1-3H3/t13-/m0/s1. The lowest BCUT2D eigenvalue weighted by molar-refractivity contribution is -0.134. The fourth-order valence-corrected chi connectivity index (χ4v) is 4.39. The molecule has 1 atom stereocenters. The van der Waals surface area contributed by atoms with Crippen molar-refractivity contribution in [2.45, 2.75) is 31.7 Å². The van der Waals surface area contributed by atoms with Gasteiger partial charge < -0.3 is 19.3 Å². The van der Waals surface area contributed by atoms with E-state index in [1.165, 1.54) is 34.9 Å². The number of nitrogens with zero attached hydrogens (tertiary/aromatic N) is 2. The van der Waals surface area contributed by atoms with Crippen LogP contribution in [0.5, 0.6) is 5.75 Å². The molecule has 1 fully saturated rings. The minimum atomic E-state index is -3.95. The van der Waals surface area contributed by atoms with Crippen LogP contribution in [0.4, 0.5) is 4.79 Å². The van der Waals surface area contributed by atoms with E-state index in [1.807, 2.05) is 0 Å². The Morgan fingerprint density at radius 3 is 2.31 bits per heavy atom. The average molecular weight is 448 g/mol. The first-order valence-electron chi connectivity index (χ1n) is 9.34. The van der Waals surface area contributed by atoms with Gasteiger partial charge in [-0.15, -0.1) is 0 Å². The number of carbonyl (C=O) groups is 2. The number of nitrogens with one attached hydrogen (secondary N) is 1. The first-order valence-corrected chi connectivity index (χ1v) is 11.2. The molecule has 0 spiro atoms. The second-order valence-electron chi connectivity index (χ2n) is 6.38. The Kier molecular flexibility index (Phi) is 8.12. The largest absolute Gasteiger partial charge is 0.492 e. The molecule has 9 nitrogen and oxygen atoms in total. The van der Waals surface area contributed by atoms with Crippen molar-refractivity contribution in [3.63, 3.8) is 0 Å². The minimum Gasteiger partial charge on any atom is -0.492 e. The second kappa shape index (κ2) is 10.1. The zero-order chi connectivity index (χ0) is 21.6. The number of rotatable bonds is 7. The van der Waals surface area contributed by atoms with Crippen LogP contribution < -0.4 is 9.46 Å². The van der Waals surface area contributed by atoms with Crippen LogP contribution in [0.3, 0.4) is 0 Å². The van der Waals surface area contributed by atoms with Crippen LogP contribution in [-0.2, 0) is 19.6 Å². The van der Waals surface area contributed by atoms with Crippen molar-refractivity contribution in [1.29, 1.82) is 0 Å². The Labute approximate surface area is 175 Å². The van der Waals surface area contributed by atoms with Crippen molar-refractivity contribution in [2.24, 2.45) is 0 Å². The van der Waals surface area contributed by atoms with Gasteiger partial charge in [0.05, 0.1) is 29.2 Å². The molecule has 1 aromatic carbocycles. The quantitative estimate of drug-likeness (QED) is 0.682. The predicted octanol–water partition coefficient (Wildman–Crippen LogP) is 1.71. The van der Waals surface area contributed by atoms with Crippen molar-refractivity contribution in [2.75, 3.05) is 39.4 Å². The van der Waals surface area contributed by atoms with Crippen LogP contribution in [0, 0.1) is 0 Å². The molecular formula is C18H26ClN3O6S. The van der Waals surface area contributed by atoms with Gasteiger partial charge in [0, 0.05) is 26.2 Å². The normalized spacial score (nSPS) is 15.7. The Bertz CT molecular complexity index is 840. The molecule has 1 aliphatic rings. The molecule has 29 heavy (non-hydrogen) atoms. The van der Waals surface area contributed by atoms with Crippen molar-refractivity contribution < 1.29 is 27.5 Å². The number of benzene rings is 1. The number of ether oxygens (including phenoxy) is 2. The maximum atomic E-state index is 12.6. The molecule has 0 unspecified atom stereocenters. The summed E-state index contributed by atoms with van der Waals surface area (Å²) in [6, 6.07) is 3.15. The van der Waals surface area contributed by atoms with Gasteiger partial charge in [0.1, 0.15) is 5.75 Å². The van der Waals surface area contributed by atoms with E-state index in [4.69, 9.17) is 21.1 Å². The molecule has 2 rings (SSSR count). The number of hydrogen-bond donors (Lipinski definition) is 1. The highest BCUT2D eigenvalue weighted by molar-refractivity contribution is 7.89. The number of carbonyl (C=O) groups excluding carboxylic acids is 2. The molecular weight excluding hydrogens is 422 g/mol. The molecule has 0 bridgehead atoms. The Morgan fingerprint density at radius 2 is 1.76 bits per heavy atom. The van der Waals surface area contributed by atoms with Gasteiger partial charge in [0.15, 0.2) is 0 Å². The number of hydrogen-bond acceptors (Lipinski definition) is 6. The van der Waals surface area contributed by atoms with Crippen molar-refractivity contribution in [1.82, 2.24) is 14.5 Å².